The molecule has 0 bridgehead atoms. The van der Waals surface area contributed by atoms with E-state index in [9.17, 15) is 19.8 Å². The number of unbranched alkanes of at least 4 members (excludes halogenated alkanes) is 32. The minimum atomic E-state index is -0.783. The molecule has 0 spiro atoms. The van der Waals surface area contributed by atoms with Crippen LogP contribution in [0.3, 0.4) is 0 Å². The summed E-state index contributed by atoms with van der Waals surface area (Å²) in [6.07, 6.45) is 49.8. The third kappa shape index (κ3) is 41.1. The van der Waals surface area contributed by atoms with Crippen molar-refractivity contribution in [2.75, 3.05) is 6.61 Å². The number of allylic oxidation sites excluding steroid dienone is 2. The highest BCUT2D eigenvalue weighted by Crippen LogP contribution is 2.18. The van der Waals surface area contributed by atoms with Gasteiger partial charge in [-0.25, -0.2) is 0 Å². The van der Waals surface area contributed by atoms with Crippen LogP contribution in [0.4, 0.5) is 0 Å². The Kier molecular flexibility index (Phi) is 44.6. The number of hydrogen-bond acceptors (Lipinski definition) is 5. The second-order valence-electron chi connectivity index (χ2n) is 17.6. The standard InChI is InChI=1S/C51H99NO5/c1-4-7-10-13-16-19-22-24-25-26-28-30-33-36-39-42-47(57-51(56)44-41-38-35-32-27-21-18-15-12-9-6-3)45-50(55)52-48(46-53)49(54)43-40-37-34-31-29-23-20-17-14-11-8-5-2/h24-25,47-49,53-54H,4-23,26-46H2,1-3H3,(H,52,55)/b25-24+. The molecule has 0 aliphatic carbocycles. The number of aliphatic hydroxyl groups excluding tert-OH is 2. The summed E-state index contributed by atoms with van der Waals surface area (Å²) in [5.41, 5.74) is 0. The molecule has 0 aromatic heterocycles. The Morgan fingerprint density at radius 2 is 0.842 bits per heavy atom. The van der Waals surface area contributed by atoms with Gasteiger partial charge in [-0.15, -0.1) is 0 Å². The molecule has 3 N–H and O–H groups in total. The van der Waals surface area contributed by atoms with E-state index < -0.39 is 18.2 Å². The fraction of sp³-hybridized carbons (Fsp3) is 0.922. The number of amides is 1. The lowest BCUT2D eigenvalue weighted by Crippen LogP contribution is -2.46. The van der Waals surface area contributed by atoms with Crippen molar-refractivity contribution >= 4 is 11.9 Å². The fourth-order valence-corrected chi connectivity index (χ4v) is 7.96. The Morgan fingerprint density at radius 1 is 0.491 bits per heavy atom. The molecule has 0 saturated heterocycles. The van der Waals surface area contributed by atoms with E-state index in [1.807, 2.05) is 0 Å². The summed E-state index contributed by atoms with van der Waals surface area (Å²) in [5.74, 6) is -0.467. The highest BCUT2D eigenvalue weighted by Gasteiger charge is 2.24. The monoisotopic (exact) mass is 806 g/mol. The maximum absolute atomic E-state index is 13.2. The number of esters is 1. The predicted molar refractivity (Wildman–Crippen MR) is 246 cm³/mol. The van der Waals surface area contributed by atoms with E-state index in [0.29, 0.717) is 19.3 Å². The number of ether oxygens (including phenoxy) is 1. The highest BCUT2D eigenvalue weighted by molar-refractivity contribution is 5.77. The van der Waals surface area contributed by atoms with Gasteiger partial charge in [0, 0.05) is 6.42 Å². The summed E-state index contributed by atoms with van der Waals surface area (Å²) in [6, 6.07) is -0.697. The van der Waals surface area contributed by atoms with E-state index >= 15 is 0 Å². The zero-order valence-corrected chi connectivity index (χ0v) is 38.5. The Balaban J connectivity index is 4.56. The van der Waals surface area contributed by atoms with Gasteiger partial charge in [-0.05, 0) is 51.4 Å². The average molecular weight is 806 g/mol. The van der Waals surface area contributed by atoms with Gasteiger partial charge in [0.15, 0.2) is 0 Å². The number of aliphatic hydroxyl groups is 2. The third-order valence-corrected chi connectivity index (χ3v) is 11.8. The van der Waals surface area contributed by atoms with Crippen molar-refractivity contribution in [1.82, 2.24) is 5.32 Å². The first-order chi connectivity index (χ1) is 28.0. The lowest BCUT2D eigenvalue weighted by molar-refractivity contribution is -0.151. The molecular weight excluding hydrogens is 707 g/mol. The molecule has 57 heavy (non-hydrogen) atoms. The number of nitrogens with one attached hydrogen (secondary N) is 1. The zero-order valence-electron chi connectivity index (χ0n) is 38.5. The van der Waals surface area contributed by atoms with Crippen molar-refractivity contribution in [2.45, 2.75) is 296 Å². The van der Waals surface area contributed by atoms with Crippen LogP contribution in [-0.2, 0) is 14.3 Å². The summed E-state index contributed by atoms with van der Waals surface area (Å²) in [7, 11) is 0. The van der Waals surface area contributed by atoms with Crippen LogP contribution in [0.2, 0.25) is 0 Å². The number of hydrogen-bond donors (Lipinski definition) is 3. The average Bonchev–Trinajstić information content (AvgIpc) is 3.20. The molecule has 0 aromatic carbocycles. The Labute approximate surface area is 355 Å². The molecule has 0 aliphatic rings. The maximum atomic E-state index is 13.2. The Morgan fingerprint density at radius 3 is 1.25 bits per heavy atom. The first-order valence-corrected chi connectivity index (χ1v) is 25.4. The lowest BCUT2D eigenvalue weighted by atomic mass is 10.0. The van der Waals surface area contributed by atoms with Crippen LogP contribution in [0.15, 0.2) is 12.2 Å². The molecule has 338 valence electrons. The zero-order chi connectivity index (χ0) is 41.7. The van der Waals surface area contributed by atoms with Crippen molar-refractivity contribution in [1.29, 1.82) is 0 Å². The van der Waals surface area contributed by atoms with Crippen LogP contribution < -0.4 is 5.32 Å². The fourth-order valence-electron chi connectivity index (χ4n) is 7.96. The van der Waals surface area contributed by atoms with E-state index in [1.165, 1.54) is 173 Å². The summed E-state index contributed by atoms with van der Waals surface area (Å²) in [6.45, 7) is 6.48. The minimum Gasteiger partial charge on any atom is -0.462 e. The summed E-state index contributed by atoms with van der Waals surface area (Å²) in [4.78, 5) is 26.1. The van der Waals surface area contributed by atoms with Gasteiger partial charge < -0.3 is 20.3 Å². The van der Waals surface area contributed by atoms with Crippen LogP contribution in [0.5, 0.6) is 0 Å². The Bertz CT molecular complexity index is 863. The van der Waals surface area contributed by atoms with E-state index in [1.54, 1.807) is 0 Å². The lowest BCUT2D eigenvalue weighted by Gasteiger charge is -2.24. The van der Waals surface area contributed by atoms with Crippen molar-refractivity contribution in [2.24, 2.45) is 0 Å². The number of rotatable bonds is 46. The molecule has 3 unspecified atom stereocenters. The van der Waals surface area contributed by atoms with Gasteiger partial charge in [-0.1, -0.05) is 226 Å². The van der Waals surface area contributed by atoms with Crippen LogP contribution in [0, 0.1) is 0 Å². The molecule has 0 radical (unpaired) electrons. The molecule has 0 heterocycles. The number of carbonyl (C=O) groups is 2. The largest absolute Gasteiger partial charge is 0.462 e. The number of carbonyl (C=O) groups excluding carboxylic acids is 2. The molecule has 0 rings (SSSR count). The van der Waals surface area contributed by atoms with Gasteiger partial charge in [0.25, 0.3) is 0 Å². The van der Waals surface area contributed by atoms with Crippen LogP contribution >= 0.6 is 0 Å². The molecule has 0 aliphatic heterocycles. The van der Waals surface area contributed by atoms with Crippen molar-refractivity contribution in [3.8, 4) is 0 Å². The van der Waals surface area contributed by atoms with Gasteiger partial charge in [0.2, 0.25) is 5.91 Å². The van der Waals surface area contributed by atoms with Gasteiger partial charge in [0.1, 0.15) is 6.10 Å². The molecule has 6 nitrogen and oxygen atoms in total. The second-order valence-corrected chi connectivity index (χ2v) is 17.6. The molecule has 0 fully saturated rings. The van der Waals surface area contributed by atoms with E-state index in [0.717, 1.165) is 57.8 Å². The summed E-state index contributed by atoms with van der Waals surface area (Å²) in [5, 5.41) is 23.7. The van der Waals surface area contributed by atoms with Crippen LogP contribution in [0.1, 0.15) is 278 Å². The minimum absolute atomic E-state index is 0.0786. The van der Waals surface area contributed by atoms with E-state index in [-0.39, 0.29) is 24.9 Å². The van der Waals surface area contributed by atoms with Gasteiger partial charge >= 0.3 is 5.97 Å². The molecule has 0 saturated carbocycles. The SMILES string of the molecule is CCCCCCCC/C=C/CCCCCCCC(CC(=O)NC(CO)C(O)CCCCCCCCCCCCCC)OC(=O)CCCCCCCCCCCCC. The smallest absolute Gasteiger partial charge is 0.306 e. The van der Waals surface area contributed by atoms with Crippen molar-refractivity contribution < 1.29 is 24.5 Å². The van der Waals surface area contributed by atoms with Gasteiger partial charge in [-0.3, -0.25) is 9.59 Å². The van der Waals surface area contributed by atoms with Gasteiger partial charge in [-0.2, -0.15) is 0 Å². The Hall–Kier alpha value is -1.40. The summed E-state index contributed by atoms with van der Waals surface area (Å²) >= 11 is 0. The van der Waals surface area contributed by atoms with Crippen molar-refractivity contribution in [3.63, 3.8) is 0 Å². The van der Waals surface area contributed by atoms with E-state index in [4.69, 9.17) is 4.74 Å². The van der Waals surface area contributed by atoms with Crippen molar-refractivity contribution in [3.05, 3.63) is 12.2 Å². The third-order valence-electron chi connectivity index (χ3n) is 11.8. The second kappa shape index (κ2) is 45.7. The predicted octanol–water partition coefficient (Wildman–Crippen LogP) is 15.0. The first-order valence-electron chi connectivity index (χ1n) is 25.4. The normalized spacial score (nSPS) is 13.3. The molecule has 3 atom stereocenters. The van der Waals surface area contributed by atoms with Gasteiger partial charge in [0.05, 0.1) is 25.2 Å². The van der Waals surface area contributed by atoms with Crippen LogP contribution in [0.25, 0.3) is 0 Å². The topological polar surface area (TPSA) is 95.9 Å². The molecular formula is C51H99NO5. The van der Waals surface area contributed by atoms with Crippen LogP contribution in [-0.4, -0.2) is 46.9 Å². The maximum Gasteiger partial charge on any atom is 0.306 e. The quantitative estimate of drug-likeness (QED) is 0.0323. The highest BCUT2D eigenvalue weighted by atomic mass is 16.5. The molecule has 1 amide bonds. The molecule has 0 aromatic rings. The molecule has 6 heteroatoms. The van der Waals surface area contributed by atoms with E-state index in [2.05, 4.69) is 38.2 Å². The summed E-state index contributed by atoms with van der Waals surface area (Å²) < 4.78 is 5.92. The first kappa shape index (κ1) is 55.6.